The molecule has 0 spiro atoms. The van der Waals surface area contributed by atoms with Crippen LogP contribution in [0.5, 0.6) is 11.5 Å². The van der Waals surface area contributed by atoms with Crippen molar-refractivity contribution in [3.8, 4) is 11.5 Å². The predicted octanol–water partition coefficient (Wildman–Crippen LogP) is 20.3. The smallest absolute Gasteiger partial charge is 0.125 e. The van der Waals surface area contributed by atoms with E-state index in [1.165, 1.54) is 119 Å². The molecule has 0 heterocycles. The van der Waals surface area contributed by atoms with Gasteiger partial charge in [-0.25, -0.2) is 33.7 Å². The predicted molar refractivity (Wildman–Crippen MR) is 376 cm³/mol. The zero-order chi connectivity index (χ0) is 68.5. The lowest BCUT2D eigenvalue weighted by Gasteiger charge is -2.33. The van der Waals surface area contributed by atoms with Crippen molar-refractivity contribution in [1.29, 1.82) is 0 Å². The summed E-state index contributed by atoms with van der Waals surface area (Å²) in [4.78, 5) is 0.162. The lowest BCUT2D eigenvalue weighted by Crippen LogP contribution is -2.18. The van der Waals surface area contributed by atoms with Crippen molar-refractivity contribution in [3.05, 3.63) is 104 Å². The van der Waals surface area contributed by atoms with E-state index in [4.69, 9.17) is 0 Å². The number of benzene rings is 4. The Morgan fingerprint density at radius 1 is 0.227 bits per heavy atom. The molecule has 0 aromatic heterocycles. The van der Waals surface area contributed by atoms with Crippen LogP contribution < -0.4 is 0 Å². The number of rotatable bonds is 14. The topological polar surface area (TPSA) is 269 Å². The Labute approximate surface area is 582 Å². The highest BCUT2D eigenvalue weighted by Crippen LogP contribution is 2.51. The standard InChI is InChI=1S/C24H36O3S.C21H30O3S.C18H26O4S.C16H22O4S/c25-28(26,27)24-22(19-12-6-2-7-13-19)16-21(18-10-4-1-5-11-18)17-23(24)20-14-8-3-9-15-20;22-25(23,24)21-19(16-9-3-4-10-16)13-18(15-7-1-2-8-15)14-20(21)17-11-5-6-12-17;19-18-16(13-7-3-1-4-8-13)11-15(23(20,21)22)12-17(18)14-9-5-2-6-10-14;17-13-9-14(11-5-1-2-6-11)16(21(18,19)20)15(10-13)12-7-3-4-8-12/h16-20H,1-15H2,(H,25,26,27);13-17H,1-12H2,(H,22,23,24);11-14,19H,1-10H2,(H,20,21,22);9-12,17H,1-8H2,(H,18,19,20)/p-4. The van der Waals surface area contributed by atoms with Crippen LogP contribution >= 0.6 is 0 Å². The number of phenolic OH excluding ortho intramolecular Hbond substituents is 2. The Bertz CT molecular complexity index is 3590. The minimum absolute atomic E-state index is 0.0286. The van der Waals surface area contributed by atoms with E-state index in [1.54, 1.807) is 0 Å². The lowest BCUT2D eigenvalue weighted by molar-refractivity contribution is 0.391. The highest BCUT2D eigenvalue weighted by Gasteiger charge is 2.35. The fourth-order valence-electron chi connectivity index (χ4n) is 19.9. The second kappa shape index (κ2) is 33.5. The zero-order valence-electron chi connectivity index (χ0n) is 57.6. The van der Waals surface area contributed by atoms with Gasteiger partial charge in [-0.15, -0.1) is 0 Å². The number of hydrogen-bond donors (Lipinski definition) is 2. The summed E-state index contributed by atoms with van der Waals surface area (Å²) in [6.07, 6.45) is 49.5. The third-order valence-corrected chi connectivity index (χ3v) is 28.6. The Morgan fingerprint density at radius 2 is 0.402 bits per heavy atom. The molecular formula is C79H110O14S4-4. The zero-order valence-corrected chi connectivity index (χ0v) is 60.9. The van der Waals surface area contributed by atoms with Gasteiger partial charge >= 0.3 is 0 Å². The Hall–Kier alpha value is -3.88. The molecule has 97 heavy (non-hydrogen) atoms. The Balaban J connectivity index is 0.000000132. The summed E-state index contributed by atoms with van der Waals surface area (Å²) in [7, 11) is -17.9. The van der Waals surface area contributed by atoms with Gasteiger partial charge in [-0.05, 0) is 267 Å². The van der Waals surface area contributed by atoms with Gasteiger partial charge in [0.25, 0.3) is 0 Å². The maximum Gasteiger partial charge on any atom is 0.125 e. The molecule has 2 N–H and O–H groups in total. The lowest BCUT2D eigenvalue weighted by atomic mass is 9.76. The largest absolute Gasteiger partial charge is 0.744 e. The maximum atomic E-state index is 12.5. The molecule has 4 aromatic rings. The van der Waals surface area contributed by atoms with Crippen molar-refractivity contribution in [2.24, 2.45) is 0 Å². The van der Waals surface area contributed by atoms with Gasteiger partial charge in [-0.2, -0.15) is 0 Å². The summed E-state index contributed by atoms with van der Waals surface area (Å²) >= 11 is 0. The average molecular weight is 1410 g/mol. The van der Waals surface area contributed by atoms with Gasteiger partial charge in [0, 0.05) is 0 Å². The van der Waals surface area contributed by atoms with Crippen molar-refractivity contribution in [3.63, 3.8) is 0 Å². The van der Waals surface area contributed by atoms with Gasteiger partial charge < -0.3 is 28.4 Å². The summed E-state index contributed by atoms with van der Waals surface area (Å²) in [6, 6.07) is 14.4. The van der Waals surface area contributed by atoms with Crippen LogP contribution in [-0.4, -0.2) is 62.1 Å². The van der Waals surface area contributed by atoms with Crippen LogP contribution in [-0.2, 0) is 40.5 Å². The molecule has 14 rings (SSSR count). The first-order valence-corrected chi connectivity index (χ1v) is 44.1. The molecule has 14 nitrogen and oxygen atoms in total. The second-order valence-electron chi connectivity index (χ2n) is 31.4. The van der Waals surface area contributed by atoms with Crippen LogP contribution in [0.4, 0.5) is 0 Å². The highest BCUT2D eigenvalue weighted by atomic mass is 32.2. The van der Waals surface area contributed by atoms with Gasteiger partial charge in [-0.3, -0.25) is 0 Å². The van der Waals surface area contributed by atoms with Crippen LogP contribution in [0.25, 0.3) is 0 Å². The molecule has 0 aliphatic heterocycles. The van der Waals surface area contributed by atoms with E-state index in [0.29, 0.717) is 34.1 Å². The molecule has 4 aromatic carbocycles. The van der Waals surface area contributed by atoms with Crippen LogP contribution in [0, 0.1) is 0 Å². The molecule has 10 aliphatic carbocycles. The van der Waals surface area contributed by atoms with Gasteiger partial charge in [0.1, 0.15) is 52.0 Å². The first-order valence-electron chi connectivity index (χ1n) is 38.4. The fraction of sp³-hybridized carbons (Fsp3) is 0.696. The van der Waals surface area contributed by atoms with E-state index >= 15 is 0 Å². The molecule has 10 aliphatic rings. The van der Waals surface area contributed by atoms with Crippen LogP contribution in [0.3, 0.4) is 0 Å². The first kappa shape index (κ1) is 74.3. The van der Waals surface area contributed by atoms with Crippen LogP contribution in [0.1, 0.15) is 404 Å². The summed E-state index contributed by atoms with van der Waals surface area (Å²) < 4.78 is 145. The van der Waals surface area contributed by atoms with E-state index in [9.17, 15) is 62.1 Å². The van der Waals surface area contributed by atoms with E-state index < -0.39 is 40.5 Å². The minimum atomic E-state index is -4.52. The highest BCUT2D eigenvalue weighted by molar-refractivity contribution is 7.86. The van der Waals surface area contributed by atoms with Gasteiger partial charge in [0.15, 0.2) is 0 Å². The average Bonchev–Trinajstić information content (AvgIpc) is 1.26. The normalized spacial score (nSPS) is 22.6. The van der Waals surface area contributed by atoms with Crippen molar-refractivity contribution in [2.45, 2.75) is 368 Å². The van der Waals surface area contributed by atoms with Crippen molar-refractivity contribution < 1.29 is 62.1 Å². The molecule has 0 atom stereocenters. The van der Waals surface area contributed by atoms with Crippen molar-refractivity contribution in [2.75, 3.05) is 0 Å². The minimum Gasteiger partial charge on any atom is -0.744 e. The van der Waals surface area contributed by atoms with Crippen molar-refractivity contribution in [1.82, 2.24) is 0 Å². The van der Waals surface area contributed by atoms with Gasteiger partial charge in [0.05, 0.1) is 19.6 Å². The van der Waals surface area contributed by atoms with E-state index in [2.05, 4.69) is 24.3 Å². The SMILES string of the molecule is O=S(=O)([O-])c1c(C2CCCC2)cc(C2CCCC2)cc1C1CCCC1.O=S(=O)([O-])c1c(C2CCCC2)cc(O)cc1C1CCCC1.O=S(=O)([O-])c1c(C2CCCCC2)cc(C2CCCCC2)cc1C1CCCCC1.O=S(=O)([O-])c1cc(C2CCCCC2)c(O)c(C2CCCCC2)c1. The monoisotopic (exact) mass is 1410 g/mol. The molecule has 0 bridgehead atoms. The maximum absolute atomic E-state index is 12.5. The molecule has 0 saturated heterocycles. The molecule has 0 unspecified atom stereocenters. The molecule has 538 valence electrons. The molecule has 10 saturated carbocycles. The van der Waals surface area contributed by atoms with Gasteiger partial charge in [-0.1, -0.05) is 185 Å². The fourth-order valence-corrected chi connectivity index (χ4v) is 23.6. The Morgan fingerprint density at radius 3 is 0.598 bits per heavy atom. The second-order valence-corrected chi connectivity index (χ2v) is 36.7. The Kier molecular flexibility index (Phi) is 25.7. The van der Waals surface area contributed by atoms with Gasteiger partial charge in [0.2, 0.25) is 0 Å². The molecule has 0 radical (unpaired) electrons. The number of aromatic hydroxyl groups is 2. The van der Waals surface area contributed by atoms with Crippen LogP contribution in [0.15, 0.2) is 68.1 Å². The molecule has 18 heteroatoms. The summed E-state index contributed by atoms with van der Waals surface area (Å²) in [5, 5.41) is 20.8. The molecule has 10 fully saturated rings. The number of phenols is 2. The molecular weight excluding hydrogens is 1300 g/mol. The molecule has 0 amide bonds. The summed E-state index contributed by atoms with van der Waals surface area (Å²) in [6.45, 7) is 0. The van der Waals surface area contributed by atoms with E-state index in [1.807, 2.05) is 0 Å². The third-order valence-electron chi connectivity index (χ3n) is 24.9. The number of hydrogen-bond acceptors (Lipinski definition) is 14. The third kappa shape index (κ3) is 18.9. The summed E-state index contributed by atoms with van der Waals surface area (Å²) in [5.41, 5.74) is 8.65. The van der Waals surface area contributed by atoms with E-state index in [-0.39, 0.29) is 78.4 Å². The van der Waals surface area contributed by atoms with E-state index in [0.717, 1.165) is 228 Å². The first-order chi connectivity index (χ1) is 46.5. The van der Waals surface area contributed by atoms with Crippen molar-refractivity contribution >= 4 is 40.5 Å². The summed E-state index contributed by atoms with van der Waals surface area (Å²) in [5.74, 6) is 3.00. The quantitative estimate of drug-likeness (QED) is 0.111. The van der Waals surface area contributed by atoms with Crippen LogP contribution in [0.2, 0.25) is 0 Å².